The summed E-state index contributed by atoms with van der Waals surface area (Å²) in [6, 6.07) is 7.81. The van der Waals surface area contributed by atoms with Crippen molar-refractivity contribution in [2.24, 2.45) is 0 Å². The van der Waals surface area contributed by atoms with Crippen LogP contribution in [0, 0.1) is 0 Å². The van der Waals surface area contributed by atoms with Gasteiger partial charge in [0.15, 0.2) is 0 Å². The Bertz CT molecular complexity index is 345. The molecule has 1 aromatic carbocycles. The fourth-order valence-corrected chi connectivity index (χ4v) is 2.18. The van der Waals surface area contributed by atoms with Crippen LogP contribution in [0.4, 0.5) is 0 Å². The fourth-order valence-electron chi connectivity index (χ4n) is 1.99. The maximum Gasteiger partial charge on any atom is 0.104 e. The van der Waals surface area contributed by atoms with E-state index >= 15 is 0 Å². The maximum absolute atomic E-state index is 10.3. The van der Waals surface area contributed by atoms with Crippen molar-refractivity contribution in [2.45, 2.75) is 25.0 Å². The molecule has 0 aliphatic carbocycles. The van der Waals surface area contributed by atoms with Gasteiger partial charge in [0.1, 0.15) is 5.60 Å². The first-order valence-electron chi connectivity index (χ1n) is 4.82. The van der Waals surface area contributed by atoms with Crippen molar-refractivity contribution in [2.75, 3.05) is 6.54 Å². The topological polar surface area (TPSA) is 32.3 Å². The van der Waals surface area contributed by atoms with Crippen molar-refractivity contribution in [3.05, 3.63) is 34.9 Å². The van der Waals surface area contributed by atoms with Crippen LogP contribution in [0.25, 0.3) is 0 Å². The van der Waals surface area contributed by atoms with E-state index in [1.54, 1.807) is 0 Å². The van der Waals surface area contributed by atoms with Crippen LogP contribution < -0.4 is 5.32 Å². The molecule has 4 heteroatoms. The van der Waals surface area contributed by atoms with Gasteiger partial charge in [-0.3, -0.25) is 0 Å². The van der Waals surface area contributed by atoms with Crippen molar-refractivity contribution in [3.8, 4) is 0 Å². The molecule has 0 aromatic heterocycles. The van der Waals surface area contributed by atoms with Gasteiger partial charge in [-0.25, -0.2) is 0 Å². The third-order valence-corrected chi connectivity index (χ3v) is 2.98. The lowest BCUT2D eigenvalue weighted by Crippen LogP contribution is -2.28. The molecule has 1 saturated heterocycles. The van der Waals surface area contributed by atoms with Gasteiger partial charge < -0.3 is 10.4 Å². The minimum atomic E-state index is -0.746. The molecule has 0 bridgehead atoms. The summed E-state index contributed by atoms with van der Waals surface area (Å²) in [7, 11) is 0. The minimum Gasteiger partial charge on any atom is -0.384 e. The molecule has 2 atom stereocenters. The first-order valence-corrected chi connectivity index (χ1v) is 5.20. The lowest BCUT2D eigenvalue weighted by molar-refractivity contribution is 0.0565. The highest BCUT2D eigenvalue weighted by atomic mass is 35.5. The van der Waals surface area contributed by atoms with Gasteiger partial charge in [0.25, 0.3) is 0 Å². The molecule has 2 rings (SSSR count). The van der Waals surface area contributed by atoms with Gasteiger partial charge in [-0.2, -0.15) is 0 Å². The van der Waals surface area contributed by atoms with E-state index in [1.807, 2.05) is 24.3 Å². The number of hydrogen-bond acceptors (Lipinski definition) is 2. The molecular formula is C11H15Cl2NO. The zero-order valence-corrected chi connectivity index (χ0v) is 10.1. The van der Waals surface area contributed by atoms with E-state index in [0.29, 0.717) is 17.6 Å². The Labute approximate surface area is 101 Å². The average Bonchev–Trinajstić information content (AvgIpc) is 2.48. The van der Waals surface area contributed by atoms with Gasteiger partial charge in [0.2, 0.25) is 0 Å². The summed E-state index contributed by atoms with van der Waals surface area (Å²) >= 11 is 5.89. The molecule has 2 N–H and O–H groups in total. The van der Waals surface area contributed by atoms with Crippen LogP contribution >= 0.6 is 24.0 Å². The normalized spacial score (nSPS) is 29.9. The molecule has 1 aromatic rings. The molecule has 1 aliphatic rings. The summed E-state index contributed by atoms with van der Waals surface area (Å²) in [5.74, 6) is 0. The average molecular weight is 248 g/mol. The van der Waals surface area contributed by atoms with Crippen LogP contribution in [0.1, 0.15) is 18.9 Å². The number of benzene rings is 1. The quantitative estimate of drug-likeness (QED) is 0.799. The molecule has 0 saturated carbocycles. The Kier molecular flexibility index (Phi) is 4.01. The van der Waals surface area contributed by atoms with Gasteiger partial charge in [0, 0.05) is 17.6 Å². The molecule has 0 amide bonds. The highest BCUT2D eigenvalue weighted by Crippen LogP contribution is 2.31. The molecule has 1 fully saturated rings. The van der Waals surface area contributed by atoms with E-state index in [0.717, 1.165) is 12.0 Å². The third-order valence-electron chi connectivity index (χ3n) is 2.75. The molecule has 84 valence electrons. The molecule has 0 spiro atoms. The van der Waals surface area contributed by atoms with Crippen LogP contribution in [0.5, 0.6) is 0 Å². The smallest absolute Gasteiger partial charge is 0.104 e. The SMILES string of the molecule is CC1CC(O)(c2cccc(Cl)c2)CN1.Cl. The van der Waals surface area contributed by atoms with Crippen LogP contribution in [-0.4, -0.2) is 17.7 Å². The Balaban J connectivity index is 0.00000112. The van der Waals surface area contributed by atoms with Gasteiger partial charge in [-0.15, -0.1) is 12.4 Å². The molecule has 0 radical (unpaired) electrons. The lowest BCUT2D eigenvalue weighted by atomic mass is 9.91. The predicted octanol–water partition coefficient (Wildman–Crippen LogP) is 2.33. The third kappa shape index (κ3) is 2.64. The second kappa shape index (κ2) is 4.71. The van der Waals surface area contributed by atoms with Crippen molar-refractivity contribution in [1.82, 2.24) is 5.32 Å². The molecule has 15 heavy (non-hydrogen) atoms. The van der Waals surface area contributed by atoms with Crippen LogP contribution in [0.3, 0.4) is 0 Å². The minimum absolute atomic E-state index is 0. The van der Waals surface area contributed by atoms with Gasteiger partial charge in [-0.05, 0) is 31.0 Å². The summed E-state index contributed by atoms with van der Waals surface area (Å²) in [6.45, 7) is 2.68. The van der Waals surface area contributed by atoms with Crippen molar-refractivity contribution >= 4 is 24.0 Å². The number of nitrogens with one attached hydrogen (secondary N) is 1. The second-order valence-electron chi connectivity index (χ2n) is 4.03. The summed E-state index contributed by atoms with van der Waals surface area (Å²) < 4.78 is 0. The highest BCUT2D eigenvalue weighted by molar-refractivity contribution is 6.30. The van der Waals surface area contributed by atoms with E-state index < -0.39 is 5.60 Å². The molecule has 1 aliphatic heterocycles. The molecule has 1 heterocycles. The predicted molar refractivity (Wildman–Crippen MR) is 64.7 cm³/mol. The summed E-state index contributed by atoms with van der Waals surface area (Å²) in [5.41, 5.74) is 0.159. The first kappa shape index (κ1) is 12.8. The van der Waals surface area contributed by atoms with E-state index in [1.165, 1.54) is 0 Å². The van der Waals surface area contributed by atoms with Crippen LogP contribution in [0.15, 0.2) is 24.3 Å². The second-order valence-corrected chi connectivity index (χ2v) is 4.46. The Morgan fingerprint density at radius 2 is 2.27 bits per heavy atom. The monoisotopic (exact) mass is 247 g/mol. The molecular weight excluding hydrogens is 233 g/mol. The lowest BCUT2D eigenvalue weighted by Gasteiger charge is -2.22. The van der Waals surface area contributed by atoms with Crippen molar-refractivity contribution in [1.29, 1.82) is 0 Å². The van der Waals surface area contributed by atoms with Gasteiger partial charge >= 0.3 is 0 Å². The summed E-state index contributed by atoms with van der Waals surface area (Å²) in [4.78, 5) is 0. The number of rotatable bonds is 1. The largest absolute Gasteiger partial charge is 0.384 e. The number of aliphatic hydroxyl groups is 1. The Hall–Kier alpha value is -0.280. The summed E-state index contributed by atoms with van der Waals surface area (Å²) in [5, 5.41) is 14.2. The van der Waals surface area contributed by atoms with Crippen LogP contribution in [0.2, 0.25) is 5.02 Å². The standard InChI is InChI=1S/C11H14ClNO.ClH/c1-8-6-11(14,7-13-8)9-3-2-4-10(12)5-9;/h2-5,8,13-14H,6-7H2,1H3;1H. The number of halogens is 2. The number of β-amino-alcohol motifs (C(OH)–C–C–N with tert-alkyl or cyclic N) is 1. The number of hydrogen-bond donors (Lipinski definition) is 2. The molecule has 2 nitrogen and oxygen atoms in total. The van der Waals surface area contributed by atoms with Crippen molar-refractivity contribution < 1.29 is 5.11 Å². The van der Waals surface area contributed by atoms with E-state index in [9.17, 15) is 5.11 Å². The van der Waals surface area contributed by atoms with E-state index in [4.69, 9.17) is 11.6 Å². The van der Waals surface area contributed by atoms with Gasteiger partial charge in [-0.1, -0.05) is 23.7 Å². The Morgan fingerprint density at radius 1 is 1.53 bits per heavy atom. The van der Waals surface area contributed by atoms with E-state index in [2.05, 4.69) is 12.2 Å². The summed E-state index contributed by atoms with van der Waals surface area (Å²) in [6.07, 6.45) is 0.743. The Morgan fingerprint density at radius 3 is 2.80 bits per heavy atom. The van der Waals surface area contributed by atoms with Gasteiger partial charge in [0.05, 0.1) is 0 Å². The highest BCUT2D eigenvalue weighted by Gasteiger charge is 2.36. The van der Waals surface area contributed by atoms with Crippen LogP contribution in [-0.2, 0) is 5.60 Å². The first-order chi connectivity index (χ1) is 6.60. The van der Waals surface area contributed by atoms with Crippen molar-refractivity contribution in [3.63, 3.8) is 0 Å². The maximum atomic E-state index is 10.3. The zero-order chi connectivity index (χ0) is 10.2. The fraction of sp³-hybridized carbons (Fsp3) is 0.455. The van der Waals surface area contributed by atoms with E-state index in [-0.39, 0.29) is 12.4 Å². The zero-order valence-electron chi connectivity index (χ0n) is 8.53. The molecule has 2 unspecified atom stereocenters.